The molecule has 3 atom stereocenters. The average molecular weight is 477 g/mol. The van der Waals surface area contributed by atoms with Crippen LogP contribution in [0.25, 0.3) is 5.69 Å². The van der Waals surface area contributed by atoms with E-state index in [-0.39, 0.29) is 25.0 Å². The molecule has 1 N–H and O–H groups in total. The molecular weight excluding hydrogens is 448 g/mol. The first-order valence-corrected chi connectivity index (χ1v) is 12.2. The lowest BCUT2D eigenvalue weighted by Gasteiger charge is -2.30. The number of aryl methyl sites for hydroxylation is 1. The van der Waals surface area contributed by atoms with Crippen LogP contribution < -0.4 is 14.8 Å². The van der Waals surface area contributed by atoms with Crippen molar-refractivity contribution in [3.8, 4) is 17.2 Å². The molecule has 3 aromatic rings. The predicted molar refractivity (Wildman–Crippen MR) is 132 cm³/mol. The maximum Gasteiger partial charge on any atom is 0.231 e. The first-order valence-electron chi connectivity index (χ1n) is 11.8. The van der Waals surface area contributed by atoms with Crippen LogP contribution in [0.4, 0.5) is 0 Å². The van der Waals surface area contributed by atoms with Crippen LogP contribution in [0.2, 0.25) is 0 Å². The Hall–Kier alpha value is -3.10. The van der Waals surface area contributed by atoms with E-state index in [2.05, 4.69) is 51.8 Å². The number of nitrogens with one attached hydrogen (secondary N) is 1. The van der Waals surface area contributed by atoms with Crippen LogP contribution in [0.5, 0.6) is 11.5 Å². The molecule has 5 heterocycles. The van der Waals surface area contributed by atoms with Gasteiger partial charge in [0, 0.05) is 42.5 Å². The van der Waals surface area contributed by atoms with E-state index >= 15 is 0 Å². The fourth-order valence-corrected chi connectivity index (χ4v) is 5.77. The number of benzene rings is 1. The molecule has 7 nitrogen and oxygen atoms in total. The summed E-state index contributed by atoms with van der Waals surface area (Å²) in [6.07, 6.45) is 4.21. The number of aromatic nitrogens is 2. The summed E-state index contributed by atoms with van der Waals surface area (Å²) in [6.45, 7) is 6.18. The van der Waals surface area contributed by atoms with Gasteiger partial charge in [-0.2, -0.15) is 0 Å². The van der Waals surface area contributed by atoms with Gasteiger partial charge in [-0.1, -0.05) is 6.07 Å². The minimum absolute atomic E-state index is 0.0144. The summed E-state index contributed by atoms with van der Waals surface area (Å²) in [5, 5.41) is 4.32. The highest BCUT2D eigenvalue weighted by Gasteiger charge is 2.42. The van der Waals surface area contributed by atoms with Gasteiger partial charge in [-0.15, -0.1) is 0 Å². The smallest absolute Gasteiger partial charge is 0.231 e. The number of hydrogen-bond acceptors (Lipinski definition) is 5. The van der Waals surface area contributed by atoms with E-state index in [0.717, 1.165) is 59.7 Å². The molecule has 0 unspecified atom stereocenters. The zero-order valence-corrected chi connectivity index (χ0v) is 20.2. The van der Waals surface area contributed by atoms with Crippen LogP contribution in [-0.2, 0) is 4.74 Å². The predicted octanol–water partition coefficient (Wildman–Crippen LogP) is 4.37. The van der Waals surface area contributed by atoms with Gasteiger partial charge in [-0.05, 0) is 74.8 Å². The largest absolute Gasteiger partial charge is 0.454 e. The Morgan fingerprint density at radius 2 is 2.00 bits per heavy atom. The summed E-state index contributed by atoms with van der Waals surface area (Å²) in [4.78, 5) is 6.98. The van der Waals surface area contributed by atoms with Gasteiger partial charge in [0.15, 0.2) is 16.6 Å². The Bertz CT molecular complexity index is 1220. The molecule has 3 aliphatic heterocycles. The minimum Gasteiger partial charge on any atom is -0.454 e. The number of rotatable bonds is 5. The standard InChI is InChI=1S/C26H28N4O3S/c1-16-12-20(17(2)30(16)18-8-9-22-23(13-18)33-15-32-22)25-24(21-7-3-4-10-27-21)28-26(34)29(25)14-19-6-5-11-31-19/h3-4,7-10,12-13,19,24-25H,5-6,11,14-15H2,1-2H3,(H,28,34)/t19-,24-,25-/m1/s1. The molecule has 8 heteroatoms. The van der Waals surface area contributed by atoms with Gasteiger partial charge in [0.2, 0.25) is 6.79 Å². The van der Waals surface area contributed by atoms with Crippen molar-refractivity contribution in [3.63, 3.8) is 0 Å². The minimum atomic E-state index is -0.0409. The molecule has 0 aliphatic carbocycles. The first-order chi connectivity index (χ1) is 16.6. The third kappa shape index (κ3) is 3.61. The molecule has 0 amide bonds. The van der Waals surface area contributed by atoms with Gasteiger partial charge in [0.1, 0.15) is 0 Å². The van der Waals surface area contributed by atoms with E-state index in [1.165, 1.54) is 11.3 Å². The third-order valence-electron chi connectivity index (χ3n) is 7.03. The molecule has 2 aromatic heterocycles. The second kappa shape index (κ2) is 8.60. The zero-order chi connectivity index (χ0) is 23.2. The maximum atomic E-state index is 5.98. The van der Waals surface area contributed by atoms with Gasteiger partial charge in [0.05, 0.1) is 23.9 Å². The highest BCUT2D eigenvalue weighted by Crippen LogP contribution is 2.42. The highest BCUT2D eigenvalue weighted by molar-refractivity contribution is 7.80. The number of thiocarbonyl (C=S) groups is 1. The molecule has 6 rings (SSSR count). The molecule has 176 valence electrons. The number of fused-ring (bicyclic) bond motifs is 1. The molecule has 2 fully saturated rings. The molecule has 34 heavy (non-hydrogen) atoms. The highest BCUT2D eigenvalue weighted by atomic mass is 32.1. The second-order valence-electron chi connectivity index (χ2n) is 9.11. The summed E-state index contributed by atoms with van der Waals surface area (Å²) < 4.78 is 19.4. The maximum absolute atomic E-state index is 5.98. The van der Waals surface area contributed by atoms with E-state index in [4.69, 9.17) is 26.4 Å². The monoisotopic (exact) mass is 476 g/mol. The second-order valence-corrected chi connectivity index (χ2v) is 9.50. The van der Waals surface area contributed by atoms with E-state index in [1.807, 2.05) is 30.5 Å². The van der Waals surface area contributed by atoms with E-state index in [9.17, 15) is 0 Å². The van der Waals surface area contributed by atoms with Crippen molar-refractivity contribution in [1.82, 2.24) is 19.8 Å². The number of pyridine rings is 1. The fourth-order valence-electron chi connectivity index (χ4n) is 5.46. The summed E-state index contributed by atoms with van der Waals surface area (Å²) in [7, 11) is 0. The molecule has 1 aromatic carbocycles. The third-order valence-corrected chi connectivity index (χ3v) is 7.38. The van der Waals surface area contributed by atoms with Gasteiger partial charge in [-0.25, -0.2) is 0 Å². The van der Waals surface area contributed by atoms with E-state index < -0.39 is 0 Å². The van der Waals surface area contributed by atoms with E-state index in [1.54, 1.807) is 0 Å². The van der Waals surface area contributed by atoms with E-state index in [0.29, 0.717) is 0 Å². The molecule has 0 radical (unpaired) electrons. The SMILES string of the molecule is Cc1cc([C@@H]2[C@@H](c3ccccn3)NC(=S)N2C[C@H]2CCCO2)c(C)n1-c1ccc2c(c1)OCO2. The van der Waals surface area contributed by atoms with Gasteiger partial charge >= 0.3 is 0 Å². The van der Waals surface area contributed by atoms with Crippen molar-refractivity contribution in [2.24, 2.45) is 0 Å². The Kier molecular flexibility index (Phi) is 5.42. The Morgan fingerprint density at radius 3 is 2.79 bits per heavy atom. The van der Waals surface area contributed by atoms with Crippen LogP contribution in [0.1, 0.15) is 47.6 Å². The summed E-state index contributed by atoms with van der Waals surface area (Å²) in [5.41, 5.74) is 5.60. The molecule has 0 saturated carbocycles. The lowest BCUT2D eigenvalue weighted by molar-refractivity contribution is 0.0842. The first kappa shape index (κ1) is 21.4. The number of ether oxygens (including phenoxy) is 3. The molecule has 3 aliphatic rings. The Balaban J connectivity index is 1.43. The topological polar surface area (TPSA) is 60.8 Å². The van der Waals surface area contributed by atoms with Crippen LogP contribution in [0.3, 0.4) is 0 Å². The van der Waals surface area contributed by atoms with Gasteiger partial charge in [0.25, 0.3) is 0 Å². The fraction of sp³-hybridized carbons (Fsp3) is 0.385. The normalized spacial score (nSPS) is 23.5. The Labute approximate surface area is 204 Å². The van der Waals surface area contributed by atoms with Crippen molar-refractivity contribution in [3.05, 3.63) is 71.3 Å². The van der Waals surface area contributed by atoms with Crippen molar-refractivity contribution >= 4 is 17.3 Å². The summed E-state index contributed by atoms with van der Waals surface area (Å²) >= 11 is 5.85. The zero-order valence-electron chi connectivity index (χ0n) is 19.4. The van der Waals surface area contributed by atoms with Crippen molar-refractivity contribution in [2.45, 2.75) is 44.9 Å². The van der Waals surface area contributed by atoms with Crippen molar-refractivity contribution < 1.29 is 14.2 Å². The van der Waals surface area contributed by atoms with Crippen LogP contribution in [-0.4, -0.2) is 45.6 Å². The van der Waals surface area contributed by atoms with Crippen molar-refractivity contribution in [1.29, 1.82) is 0 Å². The summed E-state index contributed by atoms with van der Waals surface area (Å²) in [5.74, 6) is 1.57. The number of nitrogens with zero attached hydrogens (tertiary/aromatic N) is 3. The molecule has 0 spiro atoms. The lowest BCUT2D eigenvalue weighted by Crippen LogP contribution is -2.36. The van der Waals surface area contributed by atoms with Crippen LogP contribution >= 0.6 is 12.2 Å². The van der Waals surface area contributed by atoms with Gasteiger partial charge in [-0.3, -0.25) is 4.98 Å². The Morgan fingerprint density at radius 1 is 1.12 bits per heavy atom. The van der Waals surface area contributed by atoms with Crippen molar-refractivity contribution in [2.75, 3.05) is 19.9 Å². The van der Waals surface area contributed by atoms with Crippen LogP contribution in [0, 0.1) is 13.8 Å². The molecular formula is C26H28N4O3S. The summed E-state index contributed by atoms with van der Waals surface area (Å²) in [6, 6.07) is 14.4. The van der Waals surface area contributed by atoms with Crippen LogP contribution in [0.15, 0.2) is 48.7 Å². The average Bonchev–Trinajstić information content (AvgIpc) is 3.63. The number of hydrogen-bond donors (Lipinski definition) is 1. The lowest BCUT2D eigenvalue weighted by atomic mass is 9.96. The molecule has 2 saturated heterocycles. The van der Waals surface area contributed by atoms with Gasteiger partial charge < -0.3 is 29.0 Å². The quantitative estimate of drug-likeness (QED) is 0.549. The molecule has 0 bridgehead atoms.